The van der Waals surface area contributed by atoms with Gasteiger partial charge in [-0.3, -0.25) is 0 Å². The summed E-state index contributed by atoms with van der Waals surface area (Å²) in [6.07, 6.45) is 4.07. The zero-order chi connectivity index (χ0) is 12.3. The van der Waals surface area contributed by atoms with Crippen molar-refractivity contribution in [1.82, 2.24) is 10.3 Å². The van der Waals surface area contributed by atoms with Crippen molar-refractivity contribution in [2.75, 3.05) is 25.0 Å². The van der Waals surface area contributed by atoms with Gasteiger partial charge in [-0.2, -0.15) is 5.26 Å². The topological polar surface area (TPSA) is 52.0 Å². The number of piperidine rings is 1. The van der Waals surface area contributed by atoms with Crippen molar-refractivity contribution in [3.63, 3.8) is 0 Å². The Labute approximate surface area is 110 Å². The van der Waals surface area contributed by atoms with E-state index < -0.39 is 0 Å². The fraction of sp³-hybridized carbons (Fsp3) is 0.500. The summed E-state index contributed by atoms with van der Waals surface area (Å²) in [7, 11) is 1.98. The molecule has 1 atom stereocenters. The van der Waals surface area contributed by atoms with E-state index in [-0.39, 0.29) is 0 Å². The number of anilines is 1. The molecule has 2 rings (SSSR count). The van der Waals surface area contributed by atoms with Crippen LogP contribution in [0.15, 0.2) is 16.7 Å². The zero-order valence-corrected chi connectivity index (χ0v) is 11.4. The van der Waals surface area contributed by atoms with Gasteiger partial charge in [-0.05, 0) is 41.9 Å². The third-order valence-electron chi connectivity index (χ3n) is 3.08. The van der Waals surface area contributed by atoms with Gasteiger partial charge in [-0.15, -0.1) is 0 Å². The summed E-state index contributed by atoms with van der Waals surface area (Å²) in [5, 5.41) is 12.4. The van der Waals surface area contributed by atoms with Crippen molar-refractivity contribution in [2.45, 2.75) is 18.9 Å². The Kier molecular flexibility index (Phi) is 3.97. The molecule has 0 amide bonds. The van der Waals surface area contributed by atoms with Crippen molar-refractivity contribution in [3.8, 4) is 6.07 Å². The number of nitrogens with one attached hydrogen (secondary N) is 1. The molecule has 0 aliphatic carbocycles. The monoisotopic (exact) mass is 294 g/mol. The molecule has 1 aromatic rings. The van der Waals surface area contributed by atoms with Crippen molar-refractivity contribution < 1.29 is 0 Å². The number of nitriles is 1. The van der Waals surface area contributed by atoms with Crippen LogP contribution in [-0.2, 0) is 0 Å². The van der Waals surface area contributed by atoms with E-state index in [1.165, 1.54) is 6.42 Å². The van der Waals surface area contributed by atoms with Crippen LogP contribution in [0.25, 0.3) is 0 Å². The summed E-state index contributed by atoms with van der Waals surface area (Å²) in [6, 6.07) is 4.52. The maximum atomic E-state index is 9.14. The van der Waals surface area contributed by atoms with Crippen LogP contribution in [0, 0.1) is 11.3 Å². The molecular formula is C12H15BrN4. The number of pyridine rings is 1. The number of aromatic nitrogens is 1. The molecular weight excluding hydrogens is 280 g/mol. The molecule has 1 N–H and O–H groups in total. The highest BCUT2D eigenvalue weighted by molar-refractivity contribution is 9.10. The molecule has 1 aliphatic rings. The van der Waals surface area contributed by atoms with Gasteiger partial charge in [-0.25, -0.2) is 4.98 Å². The smallest absolute Gasteiger partial charge is 0.146 e. The van der Waals surface area contributed by atoms with Crippen molar-refractivity contribution >= 4 is 21.7 Å². The lowest BCUT2D eigenvalue weighted by Gasteiger charge is -2.33. The first-order valence-electron chi connectivity index (χ1n) is 5.72. The van der Waals surface area contributed by atoms with E-state index in [1.807, 2.05) is 13.1 Å². The minimum atomic E-state index is 0.487. The number of hydrogen-bond acceptors (Lipinski definition) is 4. The molecule has 0 bridgehead atoms. The number of halogens is 1. The van der Waals surface area contributed by atoms with Gasteiger partial charge < -0.3 is 10.2 Å². The van der Waals surface area contributed by atoms with Crippen molar-refractivity contribution in [3.05, 3.63) is 22.3 Å². The highest BCUT2D eigenvalue weighted by Gasteiger charge is 2.21. The second kappa shape index (κ2) is 5.48. The first kappa shape index (κ1) is 12.3. The molecule has 4 nitrogen and oxygen atoms in total. The number of rotatable bonds is 2. The number of likely N-dealkylation sites (N-methyl/N-ethyl adjacent to an activating group) is 1. The normalized spacial score (nSPS) is 20.1. The Hall–Kier alpha value is -1.12. The van der Waals surface area contributed by atoms with Crippen LogP contribution < -0.4 is 10.2 Å². The summed E-state index contributed by atoms with van der Waals surface area (Å²) < 4.78 is 0.847. The van der Waals surface area contributed by atoms with E-state index in [0.717, 1.165) is 29.8 Å². The average Bonchev–Trinajstić information content (AvgIpc) is 2.38. The Morgan fingerprint density at radius 3 is 3.18 bits per heavy atom. The summed E-state index contributed by atoms with van der Waals surface area (Å²) in [5.41, 5.74) is 0.635. The van der Waals surface area contributed by atoms with Gasteiger partial charge >= 0.3 is 0 Å². The van der Waals surface area contributed by atoms with Crippen molar-refractivity contribution in [1.29, 1.82) is 5.26 Å². The van der Waals surface area contributed by atoms with Crippen LogP contribution in [-0.4, -0.2) is 31.2 Å². The van der Waals surface area contributed by atoms with Gasteiger partial charge in [0.15, 0.2) is 0 Å². The average molecular weight is 295 g/mol. The minimum absolute atomic E-state index is 0.487. The van der Waals surface area contributed by atoms with Crippen LogP contribution in [0.3, 0.4) is 0 Å². The second-order valence-corrected chi connectivity index (χ2v) is 5.13. The third-order valence-corrected chi connectivity index (χ3v) is 3.52. The SMILES string of the molecule is CNC1CCCN(c2ncc(Br)cc2C#N)C1. The lowest BCUT2D eigenvalue weighted by molar-refractivity contribution is 0.447. The van der Waals surface area contributed by atoms with Crippen LogP contribution in [0.1, 0.15) is 18.4 Å². The van der Waals surface area contributed by atoms with E-state index in [4.69, 9.17) is 5.26 Å². The standard InChI is InChI=1S/C12H15BrN4/c1-15-11-3-2-4-17(8-11)12-9(6-14)5-10(13)7-16-12/h5,7,11,15H,2-4,8H2,1H3. The molecule has 1 aliphatic heterocycles. The maximum Gasteiger partial charge on any atom is 0.146 e. The predicted octanol–water partition coefficient (Wildman–Crippen LogP) is 1.90. The second-order valence-electron chi connectivity index (χ2n) is 4.21. The first-order valence-corrected chi connectivity index (χ1v) is 6.51. The van der Waals surface area contributed by atoms with E-state index in [0.29, 0.717) is 11.6 Å². The maximum absolute atomic E-state index is 9.14. The molecule has 1 saturated heterocycles. The molecule has 5 heteroatoms. The highest BCUT2D eigenvalue weighted by Crippen LogP contribution is 2.23. The highest BCUT2D eigenvalue weighted by atomic mass is 79.9. The van der Waals surface area contributed by atoms with Crippen molar-refractivity contribution in [2.24, 2.45) is 0 Å². The lowest BCUT2D eigenvalue weighted by atomic mass is 10.1. The van der Waals surface area contributed by atoms with Gasteiger partial charge in [0.2, 0.25) is 0 Å². The predicted molar refractivity (Wildman–Crippen MR) is 70.9 cm³/mol. The molecule has 90 valence electrons. The van der Waals surface area contributed by atoms with E-state index in [2.05, 4.69) is 37.2 Å². The molecule has 0 saturated carbocycles. The van der Waals surface area contributed by atoms with Crippen LogP contribution >= 0.6 is 15.9 Å². The van der Waals surface area contributed by atoms with E-state index >= 15 is 0 Å². The molecule has 0 aromatic carbocycles. The zero-order valence-electron chi connectivity index (χ0n) is 9.78. The van der Waals surface area contributed by atoms with Crippen LogP contribution in [0.5, 0.6) is 0 Å². The van der Waals surface area contributed by atoms with E-state index in [9.17, 15) is 0 Å². The summed E-state index contributed by atoms with van der Waals surface area (Å²) in [5.74, 6) is 0.802. The summed E-state index contributed by atoms with van der Waals surface area (Å²) >= 11 is 3.34. The molecule has 0 radical (unpaired) electrons. The fourth-order valence-electron chi connectivity index (χ4n) is 2.17. The largest absolute Gasteiger partial charge is 0.354 e. The molecule has 1 aromatic heterocycles. The van der Waals surface area contributed by atoms with E-state index in [1.54, 1.807) is 6.20 Å². The Morgan fingerprint density at radius 2 is 2.47 bits per heavy atom. The molecule has 0 spiro atoms. The summed E-state index contributed by atoms with van der Waals surface area (Å²) in [6.45, 7) is 1.89. The van der Waals surface area contributed by atoms with Crippen LogP contribution in [0.4, 0.5) is 5.82 Å². The molecule has 1 fully saturated rings. The Morgan fingerprint density at radius 1 is 1.65 bits per heavy atom. The Balaban J connectivity index is 2.24. The van der Waals surface area contributed by atoms with Crippen LogP contribution in [0.2, 0.25) is 0 Å². The fourth-order valence-corrected chi connectivity index (χ4v) is 2.50. The van der Waals surface area contributed by atoms with Gasteiger partial charge in [0.05, 0.1) is 5.56 Å². The quantitative estimate of drug-likeness (QED) is 0.905. The molecule has 17 heavy (non-hydrogen) atoms. The lowest BCUT2D eigenvalue weighted by Crippen LogP contribution is -2.45. The van der Waals surface area contributed by atoms with Gasteiger partial charge in [0.1, 0.15) is 11.9 Å². The van der Waals surface area contributed by atoms with Gasteiger partial charge in [0, 0.05) is 29.8 Å². The third kappa shape index (κ3) is 2.76. The van der Waals surface area contributed by atoms with Gasteiger partial charge in [-0.1, -0.05) is 0 Å². The molecule has 2 heterocycles. The first-order chi connectivity index (χ1) is 8.24. The number of hydrogen-bond donors (Lipinski definition) is 1. The number of nitrogens with zero attached hydrogens (tertiary/aromatic N) is 3. The Bertz CT molecular complexity index is 441. The summed E-state index contributed by atoms with van der Waals surface area (Å²) in [4.78, 5) is 6.56. The molecule has 1 unspecified atom stereocenters. The minimum Gasteiger partial charge on any atom is -0.354 e. The van der Waals surface area contributed by atoms with Gasteiger partial charge in [0.25, 0.3) is 0 Å².